The number of nitrogens with zero attached hydrogens (tertiary/aromatic N) is 4. The fraction of sp³-hybridized carbons (Fsp3) is 0.571. The highest BCUT2D eigenvalue weighted by atomic mass is 16.2. The molecule has 3 rings (SSSR count). The average Bonchev–Trinajstić information content (AvgIpc) is 2.65. The molecule has 0 bridgehead atoms. The van der Waals surface area contributed by atoms with Gasteiger partial charge in [-0.15, -0.1) is 0 Å². The first kappa shape index (κ1) is 13.8. The molecule has 1 fully saturated rings. The quantitative estimate of drug-likeness (QED) is 0.874. The van der Waals surface area contributed by atoms with Gasteiger partial charge in [0.2, 0.25) is 5.91 Å². The first-order chi connectivity index (χ1) is 10.1. The average molecular weight is 289 g/mol. The first-order valence-electron chi connectivity index (χ1n) is 7.34. The molecule has 2 aromatic rings. The number of carbonyl (C=O) groups is 1. The van der Waals surface area contributed by atoms with Crippen LogP contribution in [0.3, 0.4) is 0 Å². The van der Waals surface area contributed by atoms with Gasteiger partial charge < -0.3 is 5.32 Å². The molecular formula is C14H19N5O2. The summed E-state index contributed by atoms with van der Waals surface area (Å²) in [6, 6.07) is -0.475. The fourth-order valence-corrected chi connectivity index (χ4v) is 2.89. The second-order valence-electron chi connectivity index (χ2n) is 5.38. The van der Waals surface area contributed by atoms with E-state index in [1.165, 1.54) is 10.9 Å². The van der Waals surface area contributed by atoms with E-state index < -0.39 is 6.04 Å². The number of nitrogens with one attached hydrogen (secondary N) is 1. The Bertz CT molecular complexity index is 746. The van der Waals surface area contributed by atoms with Crippen molar-refractivity contribution in [2.24, 2.45) is 7.05 Å². The molecule has 1 amide bonds. The number of aryl methyl sites for hydroxylation is 2. The lowest BCUT2D eigenvalue weighted by molar-refractivity contribution is -0.124. The van der Waals surface area contributed by atoms with E-state index in [-0.39, 0.29) is 11.5 Å². The standard InChI is InChI=1S/C14H19N5O2/c1-3-9-11-12(18(2)17-9)14(21)19(8-16-11)10-6-4-5-7-15-13(10)20/h8,10H,3-7H2,1-2H3,(H,15,20). The smallest absolute Gasteiger partial charge is 0.280 e. The summed E-state index contributed by atoms with van der Waals surface area (Å²) in [6.45, 7) is 2.65. The minimum absolute atomic E-state index is 0.103. The highest BCUT2D eigenvalue weighted by Crippen LogP contribution is 2.18. The van der Waals surface area contributed by atoms with Crippen LogP contribution in [0.2, 0.25) is 0 Å². The summed E-state index contributed by atoms with van der Waals surface area (Å²) in [7, 11) is 1.74. The molecule has 1 atom stereocenters. The van der Waals surface area contributed by atoms with Gasteiger partial charge in [0.25, 0.3) is 5.56 Å². The Labute approximate surface area is 122 Å². The SMILES string of the molecule is CCc1nn(C)c2c(=O)n(C3CCCCNC3=O)cnc12. The molecule has 112 valence electrons. The third kappa shape index (κ3) is 2.22. The number of aromatic nitrogens is 4. The molecule has 1 saturated heterocycles. The van der Waals surface area contributed by atoms with Crippen LogP contribution in [-0.2, 0) is 18.3 Å². The minimum atomic E-state index is -0.475. The van der Waals surface area contributed by atoms with Crippen molar-refractivity contribution >= 4 is 16.9 Å². The van der Waals surface area contributed by atoms with E-state index in [1.54, 1.807) is 11.7 Å². The molecule has 0 spiro atoms. The van der Waals surface area contributed by atoms with E-state index in [0.29, 0.717) is 24.0 Å². The molecule has 3 heterocycles. The van der Waals surface area contributed by atoms with Crippen LogP contribution in [-0.4, -0.2) is 31.8 Å². The summed E-state index contributed by atoms with van der Waals surface area (Å²) in [5, 5.41) is 7.18. The summed E-state index contributed by atoms with van der Waals surface area (Å²) in [5.74, 6) is -0.103. The van der Waals surface area contributed by atoms with E-state index in [0.717, 1.165) is 25.0 Å². The maximum Gasteiger partial charge on any atom is 0.280 e. The van der Waals surface area contributed by atoms with Crippen LogP contribution in [0, 0.1) is 0 Å². The second kappa shape index (κ2) is 5.31. The Balaban J connectivity index is 2.16. The molecule has 21 heavy (non-hydrogen) atoms. The Morgan fingerprint density at radius 1 is 1.38 bits per heavy atom. The highest BCUT2D eigenvalue weighted by molar-refractivity contribution is 5.81. The third-order valence-electron chi connectivity index (χ3n) is 4.02. The summed E-state index contributed by atoms with van der Waals surface area (Å²) >= 11 is 0. The topological polar surface area (TPSA) is 81.8 Å². The van der Waals surface area contributed by atoms with Crippen molar-refractivity contribution in [1.29, 1.82) is 0 Å². The van der Waals surface area contributed by atoms with Crippen molar-refractivity contribution in [3.8, 4) is 0 Å². The minimum Gasteiger partial charge on any atom is -0.354 e. The molecule has 0 radical (unpaired) electrons. The molecule has 0 aromatic carbocycles. The molecule has 1 aliphatic rings. The van der Waals surface area contributed by atoms with Crippen molar-refractivity contribution in [3.05, 3.63) is 22.4 Å². The van der Waals surface area contributed by atoms with E-state index in [1.807, 2.05) is 6.92 Å². The number of carbonyl (C=O) groups excluding carboxylic acids is 1. The van der Waals surface area contributed by atoms with Gasteiger partial charge in [-0.1, -0.05) is 6.92 Å². The number of amides is 1. The van der Waals surface area contributed by atoms with Crippen LogP contribution in [0.4, 0.5) is 0 Å². The lowest BCUT2D eigenvalue weighted by atomic mass is 10.1. The van der Waals surface area contributed by atoms with Gasteiger partial charge in [0.05, 0.1) is 12.0 Å². The van der Waals surface area contributed by atoms with Gasteiger partial charge in [-0.25, -0.2) is 4.98 Å². The predicted molar refractivity (Wildman–Crippen MR) is 78.0 cm³/mol. The van der Waals surface area contributed by atoms with Crippen molar-refractivity contribution in [2.75, 3.05) is 6.54 Å². The van der Waals surface area contributed by atoms with Gasteiger partial charge in [-0.05, 0) is 25.7 Å². The van der Waals surface area contributed by atoms with Crippen LogP contribution in [0.5, 0.6) is 0 Å². The van der Waals surface area contributed by atoms with Crippen molar-refractivity contribution in [3.63, 3.8) is 0 Å². The van der Waals surface area contributed by atoms with E-state index >= 15 is 0 Å². The Kier molecular flexibility index (Phi) is 3.48. The van der Waals surface area contributed by atoms with Crippen LogP contribution < -0.4 is 10.9 Å². The van der Waals surface area contributed by atoms with Crippen molar-refractivity contribution < 1.29 is 4.79 Å². The molecule has 1 unspecified atom stereocenters. The van der Waals surface area contributed by atoms with Gasteiger partial charge in [0, 0.05) is 13.6 Å². The zero-order valence-electron chi connectivity index (χ0n) is 12.3. The number of hydrogen-bond donors (Lipinski definition) is 1. The van der Waals surface area contributed by atoms with Gasteiger partial charge >= 0.3 is 0 Å². The fourth-order valence-electron chi connectivity index (χ4n) is 2.89. The summed E-state index contributed by atoms with van der Waals surface area (Å²) in [5.41, 5.74) is 1.71. The Morgan fingerprint density at radius 2 is 2.19 bits per heavy atom. The third-order valence-corrected chi connectivity index (χ3v) is 4.02. The zero-order valence-corrected chi connectivity index (χ0v) is 12.3. The van der Waals surface area contributed by atoms with Crippen LogP contribution in [0.15, 0.2) is 11.1 Å². The van der Waals surface area contributed by atoms with Gasteiger partial charge in [-0.2, -0.15) is 5.10 Å². The summed E-state index contributed by atoms with van der Waals surface area (Å²) in [4.78, 5) is 29.2. The van der Waals surface area contributed by atoms with E-state index in [9.17, 15) is 9.59 Å². The monoisotopic (exact) mass is 289 g/mol. The van der Waals surface area contributed by atoms with Crippen molar-refractivity contribution in [2.45, 2.75) is 38.6 Å². The summed E-state index contributed by atoms with van der Waals surface area (Å²) < 4.78 is 3.01. The van der Waals surface area contributed by atoms with Crippen LogP contribution in [0.1, 0.15) is 37.9 Å². The number of hydrogen-bond acceptors (Lipinski definition) is 4. The van der Waals surface area contributed by atoms with Gasteiger partial charge in [-0.3, -0.25) is 18.8 Å². The van der Waals surface area contributed by atoms with Gasteiger partial charge in [0.1, 0.15) is 11.6 Å². The molecule has 7 nitrogen and oxygen atoms in total. The molecular weight excluding hydrogens is 270 g/mol. The molecule has 0 aliphatic carbocycles. The highest BCUT2D eigenvalue weighted by Gasteiger charge is 2.25. The maximum atomic E-state index is 12.7. The predicted octanol–water partition coefficient (Wildman–Crippen LogP) is 0.534. The van der Waals surface area contributed by atoms with E-state index in [2.05, 4.69) is 15.4 Å². The molecule has 2 aromatic heterocycles. The second-order valence-corrected chi connectivity index (χ2v) is 5.38. The van der Waals surface area contributed by atoms with Crippen LogP contribution in [0.25, 0.3) is 11.0 Å². The van der Waals surface area contributed by atoms with Crippen molar-refractivity contribution in [1.82, 2.24) is 24.6 Å². The van der Waals surface area contributed by atoms with Gasteiger partial charge in [0.15, 0.2) is 5.52 Å². The molecule has 7 heteroatoms. The molecule has 1 aliphatic heterocycles. The number of rotatable bonds is 2. The zero-order chi connectivity index (χ0) is 15.0. The normalized spacial score (nSPS) is 19.5. The molecule has 1 N–H and O–H groups in total. The van der Waals surface area contributed by atoms with E-state index in [4.69, 9.17) is 0 Å². The molecule has 0 saturated carbocycles. The van der Waals surface area contributed by atoms with Crippen LogP contribution >= 0.6 is 0 Å². The lowest BCUT2D eigenvalue weighted by Gasteiger charge is -2.15. The Morgan fingerprint density at radius 3 is 2.95 bits per heavy atom. The lowest BCUT2D eigenvalue weighted by Crippen LogP contribution is -2.36. The maximum absolute atomic E-state index is 12.7. The largest absolute Gasteiger partial charge is 0.354 e. The number of fused-ring (bicyclic) bond motifs is 1. The summed E-state index contributed by atoms with van der Waals surface area (Å²) in [6.07, 6.45) is 4.73. The first-order valence-corrected chi connectivity index (χ1v) is 7.34. The Hall–Kier alpha value is -2.18.